The first-order valence-electron chi connectivity index (χ1n) is 9.01. The quantitative estimate of drug-likeness (QED) is 0.637. The van der Waals surface area contributed by atoms with E-state index in [0.717, 1.165) is 22.3 Å². The molecule has 1 fully saturated rings. The molecule has 1 aliphatic rings. The SMILES string of the molecule is CSc1ncccc1C(=O)N1CCC(CNC(=O)c2cc(Br)ccc2Cl)CC1. The third kappa shape index (κ3) is 5.07. The smallest absolute Gasteiger partial charge is 0.256 e. The van der Waals surface area contributed by atoms with Crippen LogP contribution >= 0.6 is 39.3 Å². The number of hydrogen-bond acceptors (Lipinski definition) is 4. The van der Waals surface area contributed by atoms with Gasteiger partial charge in [-0.3, -0.25) is 9.59 Å². The van der Waals surface area contributed by atoms with E-state index in [1.807, 2.05) is 17.2 Å². The van der Waals surface area contributed by atoms with E-state index in [1.165, 1.54) is 11.8 Å². The van der Waals surface area contributed by atoms with Crippen molar-refractivity contribution in [2.45, 2.75) is 17.9 Å². The van der Waals surface area contributed by atoms with Crippen LogP contribution in [-0.2, 0) is 0 Å². The number of pyridine rings is 1. The standard InChI is InChI=1S/C20H21BrClN3O2S/c1-28-19-15(3-2-8-23-19)20(27)25-9-6-13(7-10-25)12-24-18(26)16-11-14(21)4-5-17(16)22/h2-5,8,11,13H,6-7,9-10,12H2,1H3,(H,24,26). The molecule has 5 nitrogen and oxygen atoms in total. The second kappa shape index (κ2) is 9.76. The lowest BCUT2D eigenvalue weighted by atomic mass is 9.96. The third-order valence-electron chi connectivity index (χ3n) is 4.82. The van der Waals surface area contributed by atoms with E-state index in [1.54, 1.807) is 30.5 Å². The molecule has 2 amide bonds. The van der Waals surface area contributed by atoms with Crippen molar-refractivity contribution in [2.75, 3.05) is 25.9 Å². The van der Waals surface area contributed by atoms with Gasteiger partial charge in [0.2, 0.25) is 0 Å². The number of amides is 2. The first kappa shape index (κ1) is 21.1. The molecule has 0 saturated carbocycles. The van der Waals surface area contributed by atoms with Gasteiger partial charge in [-0.2, -0.15) is 0 Å². The van der Waals surface area contributed by atoms with Gasteiger partial charge in [0.1, 0.15) is 5.03 Å². The van der Waals surface area contributed by atoms with Crippen LogP contribution in [0.4, 0.5) is 0 Å². The Balaban J connectivity index is 1.52. The first-order chi connectivity index (χ1) is 13.5. The number of nitrogens with zero attached hydrogens (tertiary/aromatic N) is 2. The number of benzene rings is 1. The van der Waals surface area contributed by atoms with Gasteiger partial charge in [0.15, 0.2) is 0 Å². The van der Waals surface area contributed by atoms with E-state index in [9.17, 15) is 9.59 Å². The van der Waals surface area contributed by atoms with Crippen molar-refractivity contribution in [2.24, 2.45) is 5.92 Å². The zero-order chi connectivity index (χ0) is 20.1. The molecule has 0 atom stereocenters. The average Bonchev–Trinajstić information content (AvgIpc) is 2.73. The number of thioether (sulfide) groups is 1. The zero-order valence-corrected chi connectivity index (χ0v) is 18.6. The summed E-state index contributed by atoms with van der Waals surface area (Å²) in [6.45, 7) is 1.94. The normalized spacial score (nSPS) is 14.8. The van der Waals surface area contributed by atoms with Crippen molar-refractivity contribution in [3.05, 3.63) is 57.2 Å². The molecule has 8 heteroatoms. The highest BCUT2D eigenvalue weighted by Crippen LogP contribution is 2.24. The molecule has 0 unspecified atom stereocenters. The molecule has 1 aromatic heterocycles. The highest BCUT2D eigenvalue weighted by atomic mass is 79.9. The molecule has 0 bridgehead atoms. The summed E-state index contributed by atoms with van der Waals surface area (Å²) >= 11 is 11.0. The fourth-order valence-electron chi connectivity index (χ4n) is 3.23. The summed E-state index contributed by atoms with van der Waals surface area (Å²) in [6, 6.07) is 8.84. The van der Waals surface area contributed by atoms with Crippen LogP contribution in [0.3, 0.4) is 0 Å². The Morgan fingerprint density at radius 3 is 2.75 bits per heavy atom. The molecule has 1 aromatic carbocycles. The van der Waals surface area contributed by atoms with Crippen LogP contribution in [0.1, 0.15) is 33.6 Å². The molecule has 1 aliphatic heterocycles. The highest BCUT2D eigenvalue weighted by Gasteiger charge is 2.25. The lowest BCUT2D eigenvalue weighted by Crippen LogP contribution is -2.41. The number of likely N-dealkylation sites (tertiary alicyclic amines) is 1. The van der Waals surface area contributed by atoms with Gasteiger partial charge in [0.25, 0.3) is 11.8 Å². The van der Waals surface area contributed by atoms with Crippen molar-refractivity contribution in [3.63, 3.8) is 0 Å². The number of hydrogen-bond donors (Lipinski definition) is 1. The first-order valence-corrected chi connectivity index (χ1v) is 11.4. The lowest BCUT2D eigenvalue weighted by molar-refractivity contribution is 0.0680. The number of piperidine rings is 1. The van der Waals surface area contributed by atoms with E-state index >= 15 is 0 Å². The summed E-state index contributed by atoms with van der Waals surface area (Å²) in [7, 11) is 0. The molecule has 0 aliphatic carbocycles. The number of halogens is 2. The Hall–Kier alpha value is -1.57. The summed E-state index contributed by atoms with van der Waals surface area (Å²) in [5.41, 5.74) is 1.12. The molecule has 28 heavy (non-hydrogen) atoms. The van der Waals surface area contributed by atoms with Crippen LogP contribution in [0, 0.1) is 5.92 Å². The monoisotopic (exact) mass is 481 g/mol. The van der Waals surface area contributed by atoms with Gasteiger partial charge < -0.3 is 10.2 Å². The van der Waals surface area contributed by atoms with Gasteiger partial charge in [-0.1, -0.05) is 27.5 Å². The largest absolute Gasteiger partial charge is 0.352 e. The van der Waals surface area contributed by atoms with Crippen LogP contribution in [0.15, 0.2) is 46.0 Å². The lowest BCUT2D eigenvalue weighted by Gasteiger charge is -2.32. The number of aromatic nitrogens is 1. The topological polar surface area (TPSA) is 62.3 Å². The molecule has 0 spiro atoms. The van der Waals surface area contributed by atoms with Gasteiger partial charge in [-0.15, -0.1) is 11.8 Å². The predicted octanol–water partition coefficient (Wildman–Crippen LogP) is 4.50. The molecular weight excluding hydrogens is 462 g/mol. The maximum absolute atomic E-state index is 12.8. The van der Waals surface area contributed by atoms with Crippen molar-refractivity contribution in [3.8, 4) is 0 Å². The van der Waals surface area contributed by atoms with E-state index in [2.05, 4.69) is 26.2 Å². The highest BCUT2D eigenvalue weighted by molar-refractivity contribution is 9.10. The van der Waals surface area contributed by atoms with Crippen molar-refractivity contribution < 1.29 is 9.59 Å². The van der Waals surface area contributed by atoms with Gasteiger partial charge in [-0.25, -0.2) is 4.98 Å². The van der Waals surface area contributed by atoms with E-state index in [4.69, 9.17) is 11.6 Å². The Bertz CT molecular complexity index is 872. The van der Waals surface area contributed by atoms with Crippen LogP contribution < -0.4 is 5.32 Å². The Labute approximate surface area is 182 Å². The summed E-state index contributed by atoms with van der Waals surface area (Å²) in [5, 5.41) is 4.16. The fourth-order valence-corrected chi connectivity index (χ4v) is 4.34. The molecule has 1 saturated heterocycles. The van der Waals surface area contributed by atoms with Crippen LogP contribution in [0.2, 0.25) is 5.02 Å². The van der Waals surface area contributed by atoms with Gasteiger partial charge in [-0.05, 0) is 55.3 Å². The number of carbonyl (C=O) groups excluding carboxylic acids is 2. The summed E-state index contributed by atoms with van der Waals surface area (Å²) < 4.78 is 0.814. The summed E-state index contributed by atoms with van der Waals surface area (Å²) in [5.74, 6) is 0.193. The van der Waals surface area contributed by atoms with Crippen LogP contribution in [0.5, 0.6) is 0 Å². The molecule has 2 heterocycles. The number of rotatable bonds is 5. The fraction of sp³-hybridized carbons (Fsp3) is 0.350. The second-order valence-electron chi connectivity index (χ2n) is 6.63. The molecule has 0 radical (unpaired) electrons. The molecule has 148 valence electrons. The molecular formula is C20H21BrClN3O2S. The Morgan fingerprint density at radius 2 is 2.04 bits per heavy atom. The minimum Gasteiger partial charge on any atom is -0.352 e. The van der Waals surface area contributed by atoms with Crippen molar-refractivity contribution >= 4 is 51.1 Å². The Morgan fingerprint density at radius 1 is 1.29 bits per heavy atom. The maximum Gasteiger partial charge on any atom is 0.256 e. The van der Waals surface area contributed by atoms with Crippen LogP contribution in [0.25, 0.3) is 0 Å². The van der Waals surface area contributed by atoms with E-state index in [-0.39, 0.29) is 11.8 Å². The molecule has 2 aromatic rings. The molecule has 3 rings (SSSR count). The van der Waals surface area contributed by atoms with Gasteiger partial charge in [0, 0.05) is 30.3 Å². The maximum atomic E-state index is 12.8. The van der Waals surface area contributed by atoms with Crippen LogP contribution in [-0.4, -0.2) is 47.6 Å². The van der Waals surface area contributed by atoms with Crippen molar-refractivity contribution in [1.82, 2.24) is 15.2 Å². The van der Waals surface area contributed by atoms with Gasteiger partial charge in [0.05, 0.1) is 16.1 Å². The van der Waals surface area contributed by atoms with Crippen molar-refractivity contribution in [1.29, 1.82) is 0 Å². The Kier molecular flexibility index (Phi) is 7.37. The van der Waals surface area contributed by atoms with Gasteiger partial charge >= 0.3 is 0 Å². The number of carbonyl (C=O) groups is 2. The minimum atomic E-state index is -0.176. The van der Waals surface area contributed by atoms with E-state index in [0.29, 0.717) is 41.7 Å². The summed E-state index contributed by atoms with van der Waals surface area (Å²) in [4.78, 5) is 31.3. The third-order valence-corrected chi connectivity index (χ3v) is 6.36. The second-order valence-corrected chi connectivity index (χ2v) is 8.75. The zero-order valence-electron chi connectivity index (χ0n) is 15.5. The van der Waals surface area contributed by atoms with E-state index < -0.39 is 0 Å². The average molecular weight is 483 g/mol. The predicted molar refractivity (Wildman–Crippen MR) is 116 cm³/mol. The molecule has 1 N–H and O–H groups in total. The number of nitrogens with one attached hydrogen (secondary N) is 1. The summed E-state index contributed by atoms with van der Waals surface area (Å²) in [6.07, 6.45) is 5.33. The minimum absolute atomic E-state index is 0.0286.